The van der Waals surface area contributed by atoms with Crippen molar-refractivity contribution < 1.29 is 9.53 Å². The Labute approximate surface area is 198 Å². The molecule has 170 valence electrons. The molecule has 1 aliphatic carbocycles. The van der Waals surface area contributed by atoms with Crippen LogP contribution in [0.5, 0.6) is 0 Å². The number of aryl methyl sites for hydroxylation is 3. The van der Waals surface area contributed by atoms with Gasteiger partial charge in [-0.25, -0.2) is 14.8 Å². The van der Waals surface area contributed by atoms with Gasteiger partial charge in [-0.3, -0.25) is 0 Å². The van der Waals surface area contributed by atoms with Gasteiger partial charge in [0, 0.05) is 27.8 Å². The molecule has 5 rings (SSSR count). The van der Waals surface area contributed by atoms with Crippen molar-refractivity contribution in [2.45, 2.75) is 59.4 Å². The second kappa shape index (κ2) is 8.75. The van der Waals surface area contributed by atoms with Crippen molar-refractivity contribution in [2.75, 3.05) is 6.61 Å². The van der Waals surface area contributed by atoms with Gasteiger partial charge in [0.1, 0.15) is 11.3 Å². The highest BCUT2D eigenvalue weighted by atomic mass is 32.1. The maximum absolute atomic E-state index is 12.1. The van der Waals surface area contributed by atoms with Crippen LogP contribution in [-0.4, -0.2) is 27.1 Å². The first kappa shape index (κ1) is 21.8. The van der Waals surface area contributed by atoms with Crippen LogP contribution >= 0.6 is 11.3 Å². The van der Waals surface area contributed by atoms with Gasteiger partial charge in [-0.1, -0.05) is 13.0 Å². The van der Waals surface area contributed by atoms with Crippen molar-refractivity contribution in [3.05, 3.63) is 79.9 Å². The number of esters is 1. The van der Waals surface area contributed by atoms with Crippen LogP contribution in [0.3, 0.4) is 0 Å². The largest absolute Gasteiger partial charge is 0.462 e. The Bertz CT molecular complexity index is 1350. The lowest BCUT2D eigenvalue weighted by Gasteiger charge is -2.08. The highest BCUT2D eigenvalue weighted by molar-refractivity contribution is 7.12. The lowest BCUT2D eigenvalue weighted by atomic mass is 10.0. The zero-order valence-electron chi connectivity index (χ0n) is 19.6. The fourth-order valence-corrected chi connectivity index (χ4v) is 6.00. The van der Waals surface area contributed by atoms with E-state index in [2.05, 4.69) is 42.7 Å². The van der Waals surface area contributed by atoms with E-state index in [1.807, 2.05) is 37.3 Å². The van der Waals surface area contributed by atoms with Crippen molar-refractivity contribution >= 4 is 28.5 Å². The quantitative estimate of drug-likeness (QED) is 0.343. The van der Waals surface area contributed by atoms with Crippen molar-refractivity contribution in [3.8, 4) is 0 Å². The number of ether oxygens (including phenoxy) is 1. The minimum Gasteiger partial charge on any atom is -0.462 e. The fraction of sp³-hybridized carbons (Fsp3) is 0.370. The van der Waals surface area contributed by atoms with E-state index in [9.17, 15) is 4.79 Å². The van der Waals surface area contributed by atoms with Crippen molar-refractivity contribution in [3.63, 3.8) is 0 Å². The van der Waals surface area contributed by atoms with E-state index in [4.69, 9.17) is 14.7 Å². The summed E-state index contributed by atoms with van der Waals surface area (Å²) in [7, 11) is 0. The molecule has 0 bridgehead atoms. The molecule has 0 N–H and O–H groups in total. The van der Waals surface area contributed by atoms with E-state index in [-0.39, 0.29) is 5.97 Å². The van der Waals surface area contributed by atoms with E-state index in [1.54, 1.807) is 0 Å². The lowest BCUT2D eigenvalue weighted by molar-refractivity contribution is 0.0526. The first-order chi connectivity index (χ1) is 16.0. The summed E-state index contributed by atoms with van der Waals surface area (Å²) in [5.41, 5.74) is 7.47. The van der Waals surface area contributed by atoms with Crippen molar-refractivity contribution in [2.24, 2.45) is 0 Å². The average molecular weight is 460 g/mol. The average Bonchev–Trinajstić information content (AvgIpc) is 3.51. The normalized spacial score (nSPS) is 15.2. The molecule has 1 aromatic carbocycles. The molecule has 0 spiro atoms. The third-order valence-corrected chi connectivity index (χ3v) is 7.70. The molecule has 4 aromatic rings. The first-order valence-electron chi connectivity index (χ1n) is 11.7. The molecule has 6 heteroatoms. The predicted molar refractivity (Wildman–Crippen MR) is 132 cm³/mol. The molecule has 0 saturated heterocycles. The topological polar surface area (TPSA) is 57.0 Å². The van der Waals surface area contributed by atoms with Gasteiger partial charge in [0.25, 0.3) is 0 Å². The SMILES string of the molecule is CCOC(=O)c1ccc2c(c1)CC(c1ccc(Cn3c(CC)nc4c(C)cc(C)nc43)s1)C2. The fourth-order valence-electron chi connectivity index (χ4n) is 4.90. The Kier molecular flexibility index (Phi) is 5.79. The van der Waals surface area contributed by atoms with Crippen molar-refractivity contribution in [1.29, 1.82) is 0 Å². The maximum atomic E-state index is 12.1. The predicted octanol–water partition coefficient (Wildman–Crippen LogP) is 5.78. The van der Waals surface area contributed by atoms with Gasteiger partial charge in [0.2, 0.25) is 0 Å². The van der Waals surface area contributed by atoms with E-state index >= 15 is 0 Å². The summed E-state index contributed by atoms with van der Waals surface area (Å²) >= 11 is 1.89. The zero-order chi connectivity index (χ0) is 23.1. The van der Waals surface area contributed by atoms with Crippen LogP contribution in [0.15, 0.2) is 36.4 Å². The van der Waals surface area contributed by atoms with Gasteiger partial charge in [-0.15, -0.1) is 11.3 Å². The third-order valence-electron chi connectivity index (χ3n) is 6.47. The second-order valence-corrected chi connectivity index (χ2v) is 10.0. The molecule has 0 radical (unpaired) electrons. The molecule has 1 atom stereocenters. The lowest BCUT2D eigenvalue weighted by Crippen LogP contribution is -2.05. The number of carbonyl (C=O) groups is 1. The van der Waals surface area contributed by atoms with Crippen LogP contribution in [0.25, 0.3) is 11.2 Å². The molecule has 3 heterocycles. The summed E-state index contributed by atoms with van der Waals surface area (Å²) in [6.07, 6.45) is 2.87. The molecule has 33 heavy (non-hydrogen) atoms. The highest BCUT2D eigenvalue weighted by Crippen LogP contribution is 2.38. The van der Waals surface area contributed by atoms with Gasteiger partial charge in [0.05, 0.1) is 18.7 Å². The molecule has 0 saturated carbocycles. The molecule has 0 fully saturated rings. The summed E-state index contributed by atoms with van der Waals surface area (Å²) in [5.74, 6) is 1.31. The minimum absolute atomic E-state index is 0.236. The number of nitrogens with zero attached hydrogens (tertiary/aromatic N) is 3. The minimum atomic E-state index is -0.236. The second-order valence-electron chi connectivity index (χ2n) is 8.83. The number of imidazole rings is 1. The number of carbonyl (C=O) groups excluding carboxylic acids is 1. The van der Waals surface area contributed by atoms with Crippen LogP contribution in [0.4, 0.5) is 0 Å². The van der Waals surface area contributed by atoms with Gasteiger partial charge in [-0.2, -0.15) is 0 Å². The van der Waals surface area contributed by atoms with Gasteiger partial charge in [-0.05, 0) is 80.6 Å². The van der Waals surface area contributed by atoms with E-state index < -0.39 is 0 Å². The smallest absolute Gasteiger partial charge is 0.338 e. The zero-order valence-corrected chi connectivity index (χ0v) is 20.5. The molecule has 1 unspecified atom stereocenters. The maximum Gasteiger partial charge on any atom is 0.338 e. The standard InChI is InChI=1S/C27H29N3O2S/c1-5-24-29-25-16(3)11-17(4)28-26(25)30(24)15-22-9-10-23(33-22)21-12-18-7-8-19(13-20(18)14-21)27(31)32-6-2/h7-11,13,21H,5-6,12,14-15H2,1-4H3. The molecule has 3 aromatic heterocycles. The van der Waals surface area contributed by atoms with Crippen molar-refractivity contribution in [1.82, 2.24) is 14.5 Å². The Morgan fingerprint density at radius 3 is 2.70 bits per heavy atom. The number of benzene rings is 1. The number of hydrogen-bond acceptors (Lipinski definition) is 5. The Hall–Kier alpha value is -2.99. The molecule has 0 amide bonds. The number of hydrogen-bond donors (Lipinski definition) is 0. The summed E-state index contributed by atoms with van der Waals surface area (Å²) < 4.78 is 7.44. The molecule has 0 aliphatic heterocycles. The number of thiophene rings is 1. The Balaban J connectivity index is 1.38. The monoisotopic (exact) mass is 459 g/mol. The summed E-state index contributed by atoms with van der Waals surface area (Å²) in [5, 5.41) is 0. The Morgan fingerprint density at radius 2 is 1.91 bits per heavy atom. The number of aromatic nitrogens is 3. The van der Waals surface area contributed by atoms with Crippen LogP contribution < -0.4 is 0 Å². The van der Waals surface area contributed by atoms with E-state index in [1.165, 1.54) is 26.4 Å². The highest BCUT2D eigenvalue weighted by Gasteiger charge is 2.25. The summed E-state index contributed by atoms with van der Waals surface area (Å²) in [4.78, 5) is 24.5. The Morgan fingerprint density at radius 1 is 1.09 bits per heavy atom. The first-order valence-corrected chi connectivity index (χ1v) is 12.5. The van der Waals surface area contributed by atoms with Crippen LogP contribution in [0.1, 0.15) is 68.1 Å². The van der Waals surface area contributed by atoms with E-state index in [0.29, 0.717) is 18.1 Å². The van der Waals surface area contributed by atoms with Gasteiger partial charge >= 0.3 is 5.97 Å². The molecular weight excluding hydrogens is 430 g/mol. The van der Waals surface area contributed by atoms with Crippen LogP contribution in [0.2, 0.25) is 0 Å². The summed E-state index contributed by atoms with van der Waals surface area (Å²) in [6, 6.07) is 12.6. The van der Waals surface area contributed by atoms with Gasteiger partial charge in [0.15, 0.2) is 5.65 Å². The summed E-state index contributed by atoms with van der Waals surface area (Å²) in [6.45, 7) is 9.35. The van der Waals surface area contributed by atoms with Crippen LogP contribution in [0, 0.1) is 13.8 Å². The molecular formula is C27H29N3O2S. The number of rotatable bonds is 6. The third kappa shape index (κ3) is 4.08. The van der Waals surface area contributed by atoms with Crippen LogP contribution in [-0.2, 0) is 30.5 Å². The molecule has 1 aliphatic rings. The van der Waals surface area contributed by atoms with Gasteiger partial charge < -0.3 is 9.30 Å². The van der Waals surface area contributed by atoms with E-state index in [0.717, 1.165) is 48.5 Å². The number of pyridine rings is 1. The number of fused-ring (bicyclic) bond motifs is 2. The molecule has 5 nitrogen and oxygen atoms in total.